The average molecular weight is 182 g/mol. The van der Waals surface area contributed by atoms with Gasteiger partial charge in [-0.05, 0) is 19.1 Å². The van der Waals surface area contributed by atoms with Crippen molar-refractivity contribution < 1.29 is 9.84 Å². The normalized spacial score (nSPS) is 15.1. The summed E-state index contributed by atoms with van der Waals surface area (Å²) in [6.45, 7) is 1.72. The van der Waals surface area contributed by atoms with Crippen molar-refractivity contribution in [3.8, 4) is 5.75 Å². The number of nitrogens with zero attached hydrogens (tertiary/aromatic N) is 1. The van der Waals surface area contributed by atoms with E-state index in [0.29, 0.717) is 11.4 Å². The van der Waals surface area contributed by atoms with E-state index in [9.17, 15) is 5.11 Å². The van der Waals surface area contributed by atoms with E-state index in [-0.39, 0.29) is 6.04 Å². The Hall–Kier alpha value is -1.13. The van der Waals surface area contributed by atoms with Gasteiger partial charge in [0.05, 0.1) is 7.11 Å². The average Bonchev–Trinajstić information content (AvgIpc) is 2.16. The zero-order valence-corrected chi connectivity index (χ0v) is 7.77. The molecule has 3 N–H and O–H groups in total. The van der Waals surface area contributed by atoms with Crippen LogP contribution in [0.15, 0.2) is 18.3 Å². The minimum atomic E-state index is -0.781. The van der Waals surface area contributed by atoms with Crippen molar-refractivity contribution in [2.75, 3.05) is 7.11 Å². The van der Waals surface area contributed by atoms with E-state index in [2.05, 4.69) is 4.98 Å². The van der Waals surface area contributed by atoms with Crippen LogP contribution in [-0.4, -0.2) is 23.2 Å². The van der Waals surface area contributed by atoms with Gasteiger partial charge in [0.25, 0.3) is 0 Å². The predicted octanol–water partition coefficient (Wildman–Crippen LogP) is 0.471. The van der Waals surface area contributed by atoms with Crippen LogP contribution in [-0.2, 0) is 0 Å². The Bertz CT molecular complexity index is 276. The smallest absolute Gasteiger partial charge is 0.143 e. The minimum Gasteiger partial charge on any atom is -0.495 e. The van der Waals surface area contributed by atoms with Crippen LogP contribution >= 0.6 is 0 Å². The number of hydrogen-bond donors (Lipinski definition) is 2. The standard InChI is InChI=1S/C9H14N2O2/c1-6(10)9(12)8-7(13-2)4-3-5-11-8/h3-6,9,12H,10H2,1-2H3/t6-,9-/m0/s1. The summed E-state index contributed by atoms with van der Waals surface area (Å²) in [5.41, 5.74) is 6.03. The number of pyridine rings is 1. The molecule has 4 nitrogen and oxygen atoms in total. The molecule has 4 heteroatoms. The van der Waals surface area contributed by atoms with Crippen molar-refractivity contribution in [2.45, 2.75) is 19.1 Å². The Labute approximate surface area is 77.4 Å². The van der Waals surface area contributed by atoms with Gasteiger partial charge in [0.1, 0.15) is 17.5 Å². The van der Waals surface area contributed by atoms with E-state index in [0.717, 1.165) is 0 Å². The third-order valence-electron chi connectivity index (χ3n) is 1.80. The van der Waals surface area contributed by atoms with Gasteiger partial charge in [-0.3, -0.25) is 4.98 Å². The number of rotatable bonds is 3. The summed E-state index contributed by atoms with van der Waals surface area (Å²) in [6.07, 6.45) is 0.819. The largest absolute Gasteiger partial charge is 0.495 e. The summed E-state index contributed by atoms with van der Waals surface area (Å²) >= 11 is 0. The number of hydrogen-bond acceptors (Lipinski definition) is 4. The topological polar surface area (TPSA) is 68.4 Å². The van der Waals surface area contributed by atoms with Gasteiger partial charge in [0.15, 0.2) is 0 Å². The fourth-order valence-electron chi connectivity index (χ4n) is 1.05. The zero-order chi connectivity index (χ0) is 9.84. The van der Waals surface area contributed by atoms with E-state index >= 15 is 0 Å². The molecule has 0 aliphatic carbocycles. The lowest BCUT2D eigenvalue weighted by Gasteiger charge is -2.16. The van der Waals surface area contributed by atoms with E-state index in [1.165, 1.54) is 7.11 Å². The van der Waals surface area contributed by atoms with Crippen molar-refractivity contribution >= 4 is 0 Å². The van der Waals surface area contributed by atoms with Gasteiger partial charge in [-0.1, -0.05) is 0 Å². The monoisotopic (exact) mass is 182 g/mol. The number of ether oxygens (including phenoxy) is 1. The molecular formula is C9H14N2O2. The Kier molecular flexibility index (Phi) is 3.22. The van der Waals surface area contributed by atoms with E-state index in [4.69, 9.17) is 10.5 Å². The summed E-state index contributed by atoms with van der Waals surface area (Å²) in [5.74, 6) is 0.562. The molecule has 0 spiro atoms. The molecule has 0 bridgehead atoms. The first-order valence-corrected chi connectivity index (χ1v) is 4.09. The second kappa shape index (κ2) is 4.20. The highest BCUT2D eigenvalue weighted by molar-refractivity contribution is 5.29. The van der Waals surface area contributed by atoms with E-state index in [1.54, 1.807) is 25.3 Å². The molecule has 0 aliphatic rings. The summed E-state index contributed by atoms with van der Waals surface area (Å²) in [7, 11) is 1.54. The number of aliphatic hydroxyl groups excluding tert-OH is 1. The Morgan fingerprint density at radius 2 is 2.31 bits per heavy atom. The summed E-state index contributed by atoms with van der Waals surface area (Å²) in [6, 6.07) is 3.13. The fourth-order valence-corrected chi connectivity index (χ4v) is 1.05. The van der Waals surface area contributed by atoms with Gasteiger partial charge in [0.2, 0.25) is 0 Å². The van der Waals surface area contributed by atoms with Gasteiger partial charge in [0, 0.05) is 12.2 Å². The van der Waals surface area contributed by atoms with Crippen LogP contribution in [0.3, 0.4) is 0 Å². The second-order valence-electron chi connectivity index (χ2n) is 2.89. The van der Waals surface area contributed by atoms with Crippen molar-refractivity contribution in [1.29, 1.82) is 0 Å². The highest BCUT2D eigenvalue weighted by Gasteiger charge is 2.17. The van der Waals surface area contributed by atoms with Crippen LogP contribution in [0.25, 0.3) is 0 Å². The van der Waals surface area contributed by atoms with E-state index in [1.807, 2.05) is 0 Å². The second-order valence-corrected chi connectivity index (χ2v) is 2.89. The molecule has 2 atom stereocenters. The van der Waals surface area contributed by atoms with Gasteiger partial charge in [-0.15, -0.1) is 0 Å². The van der Waals surface area contributed by atoms with Gasteiger partial charge in [-0.2, -0.15) is 0 Å². The molecule has 0 aliphatic heterocycles. The third kappa shape index (κ3) is 2.17. The summed E-state index contributed by atoms with van der Waals surface area (Å²) in [5, 5.41) is 9.64. The molecular weight excluding hydrogens is 168 g/mol. The first kappa shape index (κ1) is 9.95. The first-order valence-electron chi connectivity index (χ1n) is 4.09. The Balaban J connectivity index is 2.98. The lowest BCUT2D eigenvalue weighted by atomic mass is 10.1. The zero-order valence-electron chi connectivity index (χ0n) is 7.77. The molecule has 0 saturated carbocycles. The minimum absolute atomic E-state index is 0.358. The SMILES string of the molecule is COc1cccnc1[C@@H](O)[C@H](C)N. The molecule has 0 aromatic carbocycles. The summed E-state index contributed by atoms with van der Waals surface area (Å²) in [4.78, 5) is 4.02. The molecule has 13 heavy (non-hydrogen) atoms. The summed E-state index contributed by atoms with van der Waals surface area (Å²) < 4.78 is 5.04. The van der Waals surface area contributed by atoms with Crippen molar-refractivity contribution in [2.24, 2.45) is 5.73 Å². The molecule has 0 saturated heterocycles. The van der Waals surface area contributed by atoms with Crippen LogP contribution in [0.1, 0.15) is 18.7 Å². The predicted molar refractivity (Wildman–Crippen MR) is 49.4 cm³/mol. The molecule has 1 aromatic heterocycles. The van der Waals surface area contributed by atoms with Crippen molar-refractivity contribution in [3.05, 3.63) is 24.0 Å². The maximum atomic E-state index is 9.64. The molecule has 1 aromatic rings. The molecule has 0 radical (unpaired) electrons. The van der Waals surface area contributed by atoms with Crippen LogP contribution in [0, 0.1) is 0 Å². The molecule has 1 heterocycles. The van der Waals surface area contributed by atoms with Gasteiger partial charge < -0.3 is 15.6 Å². The number of aliphatic hydroxyl groups is 1. The van der Waals surface area contributed by atoms with Gasteiger partial charge in [-0.25, -0.2) is 0 Å². The molecule has 0 unspecified atom stereocenters. The number of nitrogens with two attached hydrogens (primary N) is 1. The maximum Gasteiger partial charge on any atom is 0.143 e. The fraction of sp³-hybridized carbons (Fsp3) is 0.444. The molecule has 0 amide bonds. The molecule has 1 rings (SSSR count). The third-order valence-corrected chi connectivity index (χ3v) is 1.80. The van der Waals surface area contributed by atoms with Crippen LogP contribution in [0.5, 0.6) is 5.75 Å². The number of methoxy groups -OCH3 is 1. The van der Waals surface area contributed by atoms with Crippen LogP contribution in [0.2, 0.25) is 0 Å². The van der Waals surface area contributed by atoms with Crippen molar-refractivity contribution in [1.82, 2.24) is 4.98 Å². The van der Waals surface area contributed by atoms with E-state index < -0.39 is 6.10 Å². The van der Waals surface area contributed by atoms with Crippen LogP contribution < -0.4 is 10.5 Å². The molecule has 72 valence electrons. The lowest BCUT2D eigenvalue weighted by Crippen LogP contribution is -2.25. The van der Waals surface area contributed by atoms with Crippen molar-refractivity contribution in [3.63, 3.8) is 0 Å². The van der Waals surface area contributed by atoms with Gasteiger partial charge >= 0.3 is 0 Å². The highest BCUT2D eigenvalue weighted by Crippen LogP contribution is 2.23. The quantitative estimate of drug-likeness (QED) is 0.713. The molecule has 0 fully saturated rings. The first-order chi connectivity index (χ1) is 6.16. The lowest BCUT2D eigenvalue weighted by molar-refractivity contribution is 0.144. The number of aromatic nitrogens is 1. The maximum absolute atomic E-state index is 9.64. The Morgan fingerprint density at radius 3 is 2.85 bits per heavy atom. The van der Waals surface area contributed by atoms with Crippen LogP contribution in [0.4, 0.5) is 0 Å². The Morgan fingerprint density at radius 1 is 1.62 bits per heavy atom. The highest BCUT2D eigenvalue weighted by atomic mass is 16.5.